The molecule has 0 spiro atoms. The molecule has 0 fully saturated rings. The minimum atomic E-state index is -0.952. The molecule has 1 unspecified atom stereocenters. The zero-order valence-electron chi connectivity index (χ0n) is 20.2. The summed E-state index contributed by atoms with van der Waals surface area (Å²) in [5.41, 5.74) is 1.54. The molecule has 2 aromatic carbocycles. The third kappa shape index (κ3) is 5.33. The van der Waals surface area contributed by atoms with Crippen LogP contribution in [-0.2, 0) is 10.5 Å². The van der Waals surface area contributed by atoms with Crippen molar-refractivity contribution in [3.63, 3.8) is 0 Å². The maximum Gasteiger partial charge on any atom is 0.296 e. The Labute approximate surface area is 231 Å². The van der Waals surface area contributed by atoms with Crippen LogP contribution in [0, 0.1) is 0 Å². The predicted octanol–water partition coefficient (Wildman–Crippen LogP) is 6.65. The summed E-state index contributed by atoms with van der Waals surface area (Å²) in [6.07, 6.45) is 2.19. The van der Waals surface area contributed by atoms with Crippen molar-refractivity contribution in [1.82, 2.24) is 10.2 Å². The molecule has 0 aliphatic carbocycles. The molecule has 4 aromatic rings. The van der Waals surface area contributed by atoms with Crippen LogP contribution in [-0.4, -0.2) is 33.6 Å². The molecule has 0 saturated carbocycles. The first-order valence-corrected chi connectivity index (χ1v) is 13.9. The third-order valence-electron chi connectivity index (χ3n) is 5.72. The van der Waals surface area contributed by atoms with Crippen LogP contribution in [0.2, 0.25) is 5.02 Å². The number of carbonyl (C=O) groups is 2. The van der Waals surface area contributed by atoms with Crippen molar-refractivity contribution < 1.29 is 23.8 Å². The van der Waals surface area contributed by atoms with Gasteiger partial charge in [0.2, 0.25) is 10.9 Å². The number of nitrogens with zero attached hydrogens (tertiary/aromatic N) is 3. The molecule has 194 valence electrons. The van der Waals surface area contributed by atoms with Gasteiger partial charge in [-0.3, -0.25) is 14.5 Å². The van der Waals surface area contributed by atoms with Gasteiger partial charge >= 0.3 is 0 Å². The molecule has 0 bridgehead atoms. The quantitative estimate of drug-likeness (QED) is 0.129. The summed E-state index contributed by atoms with van der Waals surface area (Å²) in [4.78, 5) is 28.1. The molecule has 1 aliphatic heterocycles. The number of carbonyl (C=O) groups excluding carboxylic acids is 2. The van der Waals surface area contributed by atoms with Crippen molar-refractivity contribution in [1.29, 1.82) is 0 Å². The molecule has 1 aliphatic rings. The van der Waals surface area contributed by atoms with Gasteiger partial charge in [0.1, 0.15) is 5.75 Å². The summed E-state index contributed by atoms with van der Waals surface area (Å²) in [5, 5.41) is 20.3. The Kier molecular flexibility index (Phi) is 7.82. The summed E-state index contributed by atoms with van der Waals surface area (Å²) in [6.45, 7) is 2.51. The molecular weight excluding hydrogens is 546 g/mol. The van der Waals surface area contributed by atoms with E-state index in [0.29, 0.717) is 33.0 Å². The van der Waals surface area contributed by atoms with Gasteiger partial charge in [-0.15, -0.1) is 10.2 Å². The number of rotatable bonds is 10. The fourth-order valence-electron chi connectivity index (χ4n) is 3.97. The van der Waals surface area contributed by atoms with Gasteiger partial charge < -0.3 is 14.3 Å². The van der Waals surface area contributed by atoms with Crippen LogP contribution in [0.5, 0.6) is 5.75 Å². The molecule has 38 heavy (non-hydrogen) atoms. The van der Waals surface area contributed by atoms with Gasteiger partial charge in [0.15, 0.2) is 15.9 Å². The number of ether oxygens (including phenoxy) is 1. The van der Waals surface area contributed by atoms with Gasteiger partial charge in [0.25, 0.3) is 5.91 Å². The number of anilines is 1. The lowest BCUT2D eigenvalue weighted by Gasteiger charge is -2.24. The first kappa shape index (κ1) is 26.0. The van der Waals surface area contributed by atoms with Gasteiger partial charge in [-0.05, 0) is 53.9 Å². The Morgan fingerprint density at radius 2 is 2.00 bits per heavy atom. The Morgan fingerprint density at radius 3 is 2.74 bits per heavy atom. The third-order valence-corrected chi connectivity index (χ3v) is 8.10. The van der Waals surface area contributed by atoms with E-state index < -0.39 is 23.5 Å². The minimum Gasteiger partial charge on any atom is -0.503 e. The van der Waals surface area contributed by atoms with Crippen LogP contribution < -0.4 is 9.64 Å². The second-order valence-electron chi connectivity index (χ2n) is 8.33. The topological polar surface area (TPSA) is 106 Å². The summed E-state index contributed by atoms with van der Waals surface area (Å²) >= 11 is 8.63. The van der Waals surface area contributed by atoms with Crippen LogP contribution in [0.4, 0.5) is 5.13 Å². The van der Waals surface area contributed by atoms with E-state index in [-0.39, 0.29) is 16.5 Å². The molecule has 11 heteroatoms. The van der Waals surface area contributed by atoms with Crippen LogP contribution in [0.3, 0.4) is 0 Å². The molecule has 3 heterocycles. The van der Waals surface area contributed by atoms with E-state index in [9.17, 15) is 14.7 Å². The van der Waals surface area contributed by atoms with Crippen LogP contribution in [0.1, 0.15) is 41.1 Å². The predicted molar refractivity (Wildman–Crippen MR) is 146 cm³/mol. The normalized spacial score (nSPS) is 15.4. The van der Waals surface area contributed by atoms with E-state index in [2.05, 4.69) is 10.2 Å². The summed E-state index contributed by atoms with van der Waals surface area (Å²) in [6, 6.07) is 16.7. The molecule has 1 amide bonds. The van der Waals surface area contributed by atoms with Crippen molar-refractivity contribution >= 4 is 51.5 Å². The number of aliphatic hydroxyl groups excluding tert-OH is 1. The SMILES string of the molecule is CCCOc1cccc(C2C(C(=O)c3ccco3)=C(O)C(=O)N2c2nnc(SCc3ccc(Cl)cc3)s2)c1. The second kappa shape index (κ2) is 11.4. The summed E-state index contributed by atoms with van der Waals surface area (Å²) < 4.78 is 11.7. The summed E-state index contributed by atoms with van der Waals surface area (Å²) in [5.74, 6) is -0.747. The van der Waals surface area contributed by atoms with E-state index in [4.69, 9.17) is 20.8 Å². The molecule has 8 nitrogen and oxygen atoms in total. The van der Waals surface area contributed by atoms with Gasteiger partial charge in [0.05, 0.1) is 24.5 Å². The number of aromatic nitrogens is 2. The highest BCUT2D eigenvalue weighted by Gasteiger charge is 2.46. The standard InChI is InChI=1S/C27H22ClN3O5S2/c1-2-12-35-19-6-3-5-17(14-19)22-21(23(32)20-7-4-13-36-20)24(33)25(34)31(22)26-29-30-27(38-26)37-15-16-8-10-18(28)11-9-16/h3-11,13-14,22,33H,2,12,15H2,1H3. The maximum absolute atomic E-state index is 13.4. The van der Waals surface area contributed by atoms with Crippen molar-refractivity contribution in [2.75, 3.05) is 11.5 Å². The summed E-state index contributed by atoms with van der Waals surface area (Å²) in [7, 11) is 0. The molecular formula is C27H22ClN3O5S2. The molecule has 5 rings (SSSR count). The average Bonchev–Trinajstić information content (AvgIpc) is 3.68. The van der Waals surface area contributed by atoms with Gasteiger partial charge in [-0.2, -0.15) is 0 Å². The van der Waals surface area contributed by atoms with Crippen molar-refractivity contribution in [3.8, 4) is 5.75 Å². The fourth-order valence-corrected chi connectivity index (χ4v) is 5.92. The Hall–Kier alpha value is -3.60. The number of hydrogen-bond acceptors (Lipinski definition) is 9. The Balaban J connectivity index is 1.49. The second-order valence-corrected chi connectivity index (χ2v) is 10.9. The Bertz CT molecular complexity index is 1480. The van der Waals surface area contributed by atoms with E-state index in [1.165, 1.54) is 40.3 Å². The van der Waals surface area contributed by atoms with Crippen LogP contribution >= 0.6 is 34.7 Å². The first-order valence-electron chi connectivity index (χ1n) is 11.7. The number of hydrogen-bond donors (Lipinski definition) is 1. The van der Waals surface area contributed by atoms with Gasteiger partial charge in [0, 0.05) is 10.8 Å². The zero-order chi connectivity index (χ0) is 26.6. The van der Waals surface area contributed by atoms with Crippen LogP contribution in [0.15, 0.2) is 87.0 Å². The number of amides is 1. The molecule has 2 aromatic heterocycles. The number of aliphatic hydroxyl groups is 1. The number of furan rings is 1. The number of Topliss-reactive ketones (excluding diaryl/α,β-unsaturated/α-hetero) is 1. The van der Waals surface area contributed by atoms with Crippen molar-refractivity contribution in [3.05, 3.63) is 100 Å². The zero-order valence-corrected chi connectivity index (χ0v) is 22.6. The molecule has 0 saturated heterocycles. The number of thioether (sulfide) groups is 1. The van der Waals surface area contributed by atoms with Crippen molar-refractivity contribution in [2.45, 2.75) is 29.5 Å². The lowest BCUT2D eigenvalue weighted by atomic mass is 9.95. The smallest absolute Gasteiger partial charge is 0.296 e. The minimum absolute atomic E-state index is 0.0149. The molecule has 1 N–H and O–H groups in total. The number of halogens is 1. The number of ketones is 1. The van der Waals surface area contributed by atoms with Gasteiger partial charge in [-0.25, -0.2) is 0 Å². The first-order chi connectivity index (χ1) is 18.5. The number of benzene rings is 2. The highest BCUT2D eigenvalue weighted by atomic mass is 35.5. The highest BCUT2D eigenvalue weighted by Crippen LogP contribution is 2.44. The monoisotopic (exact) mass is 567 g/mol. The largest absolute Gasteiger partial charge is 0.503 e. The Morgan fingerprint density at radius 1 is 1.18 bits per heavy atom. The van der Waals surface area contributed by atoms with E-state index in [1.54, 1.807) is 30.3 Å². The average molecular weight is 568 g/mol. The van der Waals surface area contributed by atoms with E-state index >= 15 is 0 Å². The molecule has 1 atom stereocenters. The fraction of sp³-hybridized carbons (Fsp3) is 0.185. The molecule has 0 radical (unpaired) electrons. The highest BCUT2D eigenvalue weighted by molar-refractivity contribution is 8.00. The van der Waals surface area contributed by atoms with Crippen LogP contribution in [0.25, 0.3) is 0 Å². The van der Waals surface area contributed by atoms with Crippen molar-refractivity contribution in [2.24, 2.45) is 0 Å². The van der Waals surface area contributed by atoms with Gasteiger partial charge in [-0.1, -0.05) is 65.9 Å². The lowest BCUT2D eigenvalue weighted by molar-refractivity contribution is -0.117. The van der Waals surface area contributed by atoms with E-state index in [0.717, 1.165) is 12.0 Å². The maximum atomic E-state index is 13.4. The van der Waals surface area contributed by atoms with E-state index in [1.807, 2.05) is 31.2 Å². The lowest BCUT2D eigenvalue weighted by Crippen LogP contribution is -2.31.